The zero-order chi connectivity index (χ0) is 13.1. The summed E-state index contributed by atoms with van der Waals surface area (Å²) in [6, 6.07) is 9.10. The number of aromatic amines is 1. The van der Waals surface area contributed by atoms with Crippen LogP contribution in [0.15, 0.2) is 33.5 Å². The highest BCUT2D eigenvalue weighted by atomic mass is 79.9. The first-order valence-electron chi connectivity index (χ1n) is 5.13. The Balaban J connectivity index is 2.40. The molecule has 0 radical (unpaired) electrons. The lowest BCUT2D eigenvalue weighted by Gasteiger charge is -2.08. The lowest BCUT2D eigenvalue weighted by atomic mass is 10.2. The molecule has 0 unspecified atom stereocenters. The number of rotatable bonds is 2. The van der Waals surface area contributed by atoms with E-state index in [4.69, 9.17) is 5.26 Å². The Morgan fingerprint density at radius 2 is 2.22 bits per heavy atom. The van der Waals surface area contributed by atoms with Gasteiger partial charge in [0.2, 0.25) is 0 Å². The highest BCUT2D eigenvalue weighted by Crippen LogP contribution is 2.23. The van der Waals surface area contributed by atoms with E-state index in [0.717, 1.165) is 15.7 Å². The van der Waals surface area contributed by atoms with Gasteiger partial charge in [-0.1, -0.05) is 22.0 Å². The molecule has 0 fully saturated rings. The molecule has 0 saturated carbocycles. The molecule has 0 saturated heterocycles. The summed E-state index contributed by atoms with van der Waals surface area (Å²) in [6.07, 6.45) is 0. The Morgan fingerprint density at radius 1 is 1.44 bits per heavy atom. The van der Waals surface area contributed by atoms with Crippen LogP contribution in [0, 0.1) is 18.3 Å². The van der Waals surface area contributed by atoms with Gasteiger partial charge in [0, 0.05) is 16.2 Å². The fourth-order valence-corrected chi connectivity index (χ4v) is 1.81. The quantitative estimate of drug-likeness (QED) is 0.893. The van der Waals surface area contributed by atoms with E-state index in [1.165, 1.54) is 6.07 Å². The highest BCUT2D eigenvalue weighted by molar-refractivity contribution is 9.10. The summed E-state index contributed by atoms with van der Waals surface area (Å²) in [5, 5.41) is 11.8. The average Bonchev–Trinajstić information content (AvgIpc) is 2.33. The molecule has 18 heavy (non-hydrogen) atoms. The molecule has 2 rings (SSSR count). The normalized spacial score (nSPS) is 9.83. The van der Waals surface area contributed by atoms with Crippen LogP contribution < -0.4 is 11.0 Å². The Bertz CT molecular complexity index is 687. The van der Waals surface area contributed by atoms with E-state index in [-0.39, 0.29) is 5.69 Å². The van der Waals surface area contributed by atoms with Gasteiger partial charge in [-0.3, -0.25) is 4.98 Å². The average molecular weight is 305 g/mol. The van der Waals surface area contributed by atoms with Gasteiger partial charge in [0.15, 0.2) is 0 Å². The van der Waals surface area contributed by atoms with Crippen LogP contribution in [-0.2, 0) is 0 Å². The first kappa shape index (κ1) is 12.3. The molecule has 0 aliphatic heterocycles. The summed E-state index contributed by atoms with van der Waals surface area (Å²) in [6.45, 7) is 1.94. The maximum Gasteiger partial charge on any atom is 0.347 e. The van der Waals surface area contributed by atoms with E-state index in [0.29, 0.717) is 5.82 Å². The number of nitrogens with zero attached hydrogens (tertiary/aromatic N) is 2. The minimum absolute atomic E-state index is 0.171. The van der Waals surface area contributed by atoms with E-state index in [1.807, 2.05) is 31.2 Å². The van der Waals surface area contributed by atoms with Gasteiger partial charge in [-0.05, 0) is 24.6 Å². The van der Waals surface area contributed by atoms with E-state index >= 15 is 0 Å². The van der Waals surface area contributed by atoms with Crippen molar-refractivity contribution < 1.29 is 0 Å². The number of hydrogen-bond donors (Lipinski definition) is 2. The number of hydrogen-bond acceptors (Lipinski definition) is 4. The first-order chi connectivity index (χ1) is 8.58. The fraction of sp³-hybridized carbons (Fsp3) is 0.0833. The van der Waals surface area contributed by atoms with E-state index in [1.54, 1.807) is 0 Å². The number of halogens is 1. The minimum atomic E-state index is -0.552. The van der Waals surface area contributed by atoms with Crippen molar-refractivity contribution >= 4 is 27.4 Å². The van der Waals surface area contributed by atoms with Crippen LogP contribution in [0.5, 0.6) is 0 Å². The van der Waals surface area contributed by atoms with E-state index in [9.17, 15) is 4.79 Å². The van der Waals surface area contributed by atoms with Gasteiger partial charge < -0.3 is 5.32 Å². The second-order valence-electron chi connectivity index (χ2n) is 3.68. The summed E-state index contributed by atoms with van der Waals surface area (Å²) < 4.78 is 0.918. The largest absolute Gasteiger partial charge is 0.347 e. The van der Waals surface area contributed by atoms with Gasteiger partial charge in [0.1, 0.15) is 17.6 Å². The molecule has 2 N–H and O–H groups in total. The second kappa shape index (κ2) is 5.02. The lowest BCUT2D eigenvalue weighted by molar-refractivity contribution is 1.06. The maximum atomic E-state index is 11.2. The Labute approximate surface area is 112 Å². The molecular formula is C12H9BrN4O. The molecule has 0 aliphatic carbocycles. The van der Waals surface area contributed by atoms with Gasteiger partial charge in [0.05, 0.1) is 0 Å². The Morgan fingerprint density at radius 3 is 2.94 bits per heavy atom. The summed E-state index contributed by atoms with van der Waals surface area (Å²) in [7, 11) is 0. The standard InChI is InChI=1S/C12H9BrN4O/c1-7-2-3-8(13)4-10(7)16-11-5-9(6-14)15-12(18)17-11/h2-5H,1H3,(H2,15,16,17,18). The third-order valence-corrected chi connectivity index (χ3v) is 2.82. The van der Waals surface area contributed by atoms with Crippen LogP contribution in [-0.4, -0.2) is 9.97 Å². The van der Waals surface area contributed by atoms with Gasteiger partial charge in [-0.2, -0.15) is 10.2 Å². The van der Waals surface area contributed by atoms with Gasteiger partial charge in [-0.15, -0.1) is 0 Å². The monoisotopic (exact) mass is 304 g/mol. The van der Waals surface area contributed by atoms with E-state index in [2.05, 4.69) is 31.2 Å². The molecule has 0 amide bonds. The zero-order valence-electron chi connectivity index (χ0n) is 9.49. The smallest absolute Gasteiger partial charge is 0.340 e. The Hall–Kier alpha value is -2.13. The second-order valence-corrected chi connectivity index (χ2v) is 4.60. The topological polar surface area (TPSA) is 81.6 Å². The van der Waals surface area contributed by atoms with Crippen LogP contribution in [0.2, 0.25) is 0 Å². The number of nitrogens with one attached hydrogen (secondary N) is 2. The van der Waals surface area contributed by atoms with Crippen molar-refractivity contribution in [1.29, 1.82) is 5.26 Å². The van der Waals surface area contributed by atoms with Gasteiger partial charge in [-0.25, -0.2) is 4.79 Å². The van der Waals surface area contributed by atoms with Crippen LogP contribution in [0.25, 0.3) is 0 Å². The lowest BCUT2D eigenvalue weighted by Crippen LogP contribution is -2.13. The molecule has 1 heterocycles. The van der Waals surface area contributed by atoms with Gasteiger partial charge in [0.25, 0.3) is 0 Å². The van der Waals surface area contributed by atoms with Crippen LogP contribution in [0.3, 0.4) is 0 Å². The predicted octanol–water partition coefficient (Wildman–Crippen LogP) is 2.46. The number of anilines is 2. The number of nitriles is 1. The van der Waals surface area contributed by atoms with Crippen molar-refractivity contribution in [3.05, 3.63) is 50.5 Å². The molecule has 2 aromatic rings. The van der Waals surface area contributed by atoms with Crippen LogP contribution in [0.1, 0.15) is 11.3 Å². The first-order valence-corrected chi connectivity index (χ1v) is 5.92. The molecule has 5 nitrogen and oxygen atoms in total. The van der Waals surface area contributed by atoms with Crippen molar-refractivity contribution in [2.45, 2.75) is 6.92 Å². The summed E-state index contributed by atoms with van der Waals surface area (Å²) >= 11 is 3.37. The van der Waals surface area contributed by atoms with Crippen molar-refractivity contribution in [3.8, 4) is 6.07 Å². The number of aromatic nitrogens is 2. The summed E-state index contributed by atoms with van der Waals surface area (Å²) in [5.74, 6) is 0.344. The van der Waals surface area contributed by atoms with Crippen molar-refractivity contribution in [3.63, 3.8) is 0 Å². The molecule has 0 atom stereocenters. The molecule has 1 aromatic carbocycles. The fourth-order valence-electron chi connectivity index (χ4n) is 1.45. The summed E-state index contributed by atoms with van der Waals surface area (Å²) in [5.41, 5.74) is 1.46. The minimum Gasteiger partial charge on any atom is -0.340 e. The number of benzene rings is 1. The molecule has 1 aromatic heterocycles. The van der Waals surface area contributed by atoms with Crippen molar-refractivity contribution in [2.24, 2.45) is 0 Å². The number of H-pyrrole nitrogens is 1. The van der Waals surface area contributed by atoms with Crippen molar-refractivity contribution in [2.75, 3.05) is 5.32 Å². The third kappa shape index (κ3) is 2.76. The molecule has 90 valence electrons. The number of aryl methyl sites for hydroxylation is 1. The molecule has 0 aliphatic rings. The van der Waals surface area contributed by atoms with Gasteiger partial charge >= 0.3 is 5.69 Å². The molecule has 0 bridgehead atoms. The van der Waals surface area contributed by atoms with Crippen LogP contribution >= 0.6 is 15.9 Å². The predicted molar refractivity (Wildman–Crippen MR) is 71.7 cm³/mol. The van der Waals surface area contributed by atoms with E-state index < -0.39 is 5.69 Å². The third-order valence-electron chi connectivity index (χ3n) is 2.33. The summed E-state index contributed by atoms with van der Waals surface area (Å²) in [4.78, 5) is 17.3. The highest BCUT2D eigenvalue weighted by Gasteiger charge is 2.03. The molecule has 0 spiro atoms. The SMILES string of the molecule is Cc1ccc(Br)cc1Nc1cc(C#N)[nH]c(=O)n1. The maximum absolute atomic E-state index is 11.2. The molecular weight excluding hydrogens is 296 g/mol. The Kier molecular flexibility index (Phi) is 3.44. The zero-order valence-corrected chi connectivity index (χ0v) is 11.1. The van der Waals surface area contributed by atoms with Crippen molar-refractivity contribution in [1.82, 2.24) is 9.97 Å². The van der Waals surface area contributed by atoms with Crippen LogP contribution in [0.4, 0.5) is 11.5 Å². The molecule has 6 heteroatoms.